The molecular weight excluding hydrogens is 304 g/mol. The van der Waals surface area contributed by atoms with Gasteiger partial charge in [0.25, 0.3) is 5.91 Å². The Morgan fingerprint density at radius 1 is 1.23 bits per heavy atom. The predicted octanol–water partition coefficient (Wildman–Crippen LogP) is 3.15. The maximum absolute atomic E-state index is 11.9. The van der Waals surface area contributed by atoms with Crippen molar-refractivity contribution in [1.29, 1.82) is 0 Å². The van der Waals surface area contributed by atoms with Gasteiger partial charge in [0.1, 0.15) is 0 Å². The van der Waals surface area contributed by atoms with Crippen LogP contribution in [0.2, 0.25) is 5.15 Å². The minimum atomic E-state index is -0.542. The molecule has 0 aliphatic carbocycles. The van der Waals surface area contributed by atoms with Gasteiger partial charge in [-0.1, -0.05) is 28.8 Å². The summed E-state index contributed by atoms with van der Waals surface area (Å²) in [7, 11) is 0. The minimum absolute atomic E-state index is 0.177. The highest BCUT2D eigenvalue weighted by Crippen LogP contribution is 2.17. The van der Waals surface area contributed by atoms with Gasteiger partial charge in [-0.2, -0.15) is 0 Å². The van der Waals surface area contributed by atoms with Crippen molar-refractivity contribution in [3.63, 3.8) is 0 Å². The second-order valence-electron chi connectivity index (χ2n) is 4.84. The fourth-order valence-corrected chi connectivity index (χ4v) is 2.14. The molecule has 2 rings (SSSR count). The largest absolute Gasteiger partial charge is 0.452 e. The van der Waals surface area contributed by atoms with Crippen molar-refractivity contribution >= 4 is 29.2 Å². The zero-order valence-electron chi connectivity index (χ0n) is 12.2. The second-order valence-corrected chi connectivity index (χ2v) is 5.20. The van der Waals surface area contributed by atoms with Crippen molar-refractivity contribution in [3.8, 4) is 0 Å². The molecule has 6 heteroatoms. The number of pyridine rings is 1. The van der Waals surface area contributed by atoms with Crippen LogP contribution in [-0.2, 0) is 9.53 Å². The monoisotopic (exact) mass is 318 g/mol. The number of nitrogens with one attached hydrogen (secondary N) is 1. The average molecular weight is 319 g/mol. The third-order valence-electron chi connectivity index (χ3n) is 2.82. The first-order valence-electron chi connectivity index (χ1n) is 6.61. The summed E-state index contributed by atoms with van der Waals surface area (Å²) in [6.07, 6.45) is 1.51. The van der Waals surface area contributed by atoms with Crippen LogP contribution in [0.25, 0.3) is 0 Å². The van der Waals surface area contributed by atoms with Crippen molar-refractivity contribution in [2.24, 2.45) is 0 Å². The summed E-state index contributed by atoms with van der Waals surface area (Å²) in [6, 6.07) is 8.63. The van der Waals surface area contributed by atoms with Gasteiger partial charge in [-0.3, -0.25) is 4.79 Å². The van der Waals surface area contributed by atoms with Crippen LogP contribution >= 0.6 is 11.6 Å². The van der Waals surface area contributed by atoms with Crippen LogP contribution in [-0.4, -0.2) is 23.5 Å². The van der Waals surface area contributed by atoms with Gasteiger partial charge in [-0.15, -0.1) is 0 Å². The van der Waals surface area contributed by atoms with Crippen molar-refractivity contribution < 1.29 is 14.3 Å². The standard InChI is InChI=1S/C16H15ClN2O3/c1-10-6-11(2)8-12(7-10)16(21)22-9-14(20)19-13-4-3-5-18-15(13)17/h3-8H,9H2,1-2H3,(H,19,20). The van der Waals surface area contributed by atoms with E-state index >= 15 is 0 Å². The first-order chi connectivity index (χ1) is 10.5. The molecule has 0 aliphatic rings. The smallest absolute Gasteiger partial charge is 0.338 e. The van der Waals surface area contributed by atoms with E-state index in [1.165, 1.54) is 6.20 Å². The Kier molecular flexibility index (Phi) is 5.12. The summed E-state index contributed by atoms with van der Waals surface area (Å²) in [6.45, 7) is 3.39. The highest BCUT2D eigenvalue weighted by Gasteiger charge is 2.12. The Bertz CT molecular complexity index is 696. The van der Waals surface area contributed by atoms with Gasteiger partial charge in [0.05, 0.1) is 11.3 Å². The lowest BCUT2D eigenvalue weighted by Gasteiger charge is -2.08. The average Bonchev–Trinajstić information content (AvgIpc) is 2.46. The summed E-state index contributed by atoms with van der Waals surface area (Å²) < 4.78 is 5.00. The molecule has 1 heterocycles. The van der Waals surface area contributed by atoms with Gasteiger partial charge in [0.15, 0.2) is 11.8 Å². The molecule has 0 saturated carbocycles. The highest BCUT2D eigenvalue weighted by atomic mass is 35.5. The van der Waals surface area contributed by atoms with E-state index in [4.69, 9.17) is 16.3 Å². The number of esters is 1. The summed E-state index contributed by atoms with van der Waals surface area (Å²) in [5.74, 6) is -1.02. The quantitative estimate of drug-likeness (QED) is 0.694. The van der Waals surface area contributed by atoms with Crippen molar-refractivity contribution in [1.82, 2.24) is 4.98 Å². The van der Waals surface area contributed by atoms with Crippen molar-refractivity contribution in [2.75, 3.05) is 11.9 Å². The normalized spacial score (nSPS) is 10.1. The number of amides is 1. The van der Waals surface area contributed by atoms with E-state index < -0.39 is 18.5 Å². The summed E-state index contributed by atoms with van der Waals surface area (Å²) in [5.41, 5.74) is 2.71. The molecule has 0 atom stereocenters. The Morgan fingerprint density at radius 3 is 2.55 bits per heavy atom. The second kappa shape index (κ2) is 7.04. The molecule has 1 aromatic heterocycles. The number of benzene rings is 1. The van der Waals surface area contributed by atoms with Crippen LogP contribution in [0.5, 0.6) is 0 Å². The summed E-state index contributed by atoms with van der Waals surface area (Å²) >= 11 is 5.83. The third-order valence-corrected chi connectivity index (χ3v) is 3.13. The first kappa shape index (κ1) is 16.0. The van der Waals surface area contributed by atoms with Crippen LogP contribution in [0.3, 0.4) is 0 Å². The lowest BCUT2D eigenvalue weighted by atomic mass is 10.1. The predicted molar refractivity (Wildman–Crippen MR) is 84.1 cm³/mol. The fourth-order valence-electron chi connectivity index (χ4n) is 1.97. The lowest BCUT2D eigenvalue weighted by molar-refractivity contribution is -0.119. The van der Waals surface area contributed by atoms with E-state index in [0.717, 1.165) is 11.1 Å². The number of carbonyl (C=O) groups is 2. The van der Waals surface area contributed by atoms with Gasteiger partial charge < -0.3 is 10.1 Å². The molecular formula is C16H15ClN2O3. The Labute approximate surface area is 133 Å². The number of halogens is 1. The maximum Gasteiger partial charge on any atom is 0.338 e. The Morgan fingerprint density at radius 2 is 1.91 bits per heavy atom. The number of carbonyl (C=O) groups excluding carboxylic acids is 2. The molecule has 0 spiro atoms. The number of nitrogens with zero attached hydrogens (tertiary/aromatic N) is 1. The molecule has 5 nitrogen and oxygen atoms in total. The fraction of sp³-hybridized carbons (Fsp3) is 0.188. The zero-order chi connectivity index (χ0) is 16.1. The van der Waals surface area contributed by atoms with E-state index in [1.54, 1.807) is 24.3 Å². The molecule has 0 radical (unpaired) electrons. The van der Waals surface area contributed by atoms with Gasteiger partial charge in [0.2, 0.25) is 0 Å². The number of ether oxygens (including phenoxy) is 1. The van der Waals surface area contributed by atoms with E-state index in [0.29, 0.717) is 11.3 Å². The number of hydrogen-bond donors (Lipinski definition) is 1. The van der Waals surface area contributed by atoms with Crippen molar-refractivity contribution in [2.45, 2.75) is 13.8 Å². The van der Waals surface area contributed by atoms with Gasteiger partial charge in [-0.05, 0) is 38.1 Å². The molecule has 0 aliphatic heterocycles. The van der Waals surface area contributed by atoms with E-state index in [9.17, 15) is 9.59 Å². The van der Waals surface area contributed by atoms with E-state index in [1.807, 2.05) is 19.9 Å². The van der Waals surface area contributed by atoms with Gasteiger partial charge >= 0.3 is 5.97 Å². The van der Waals surface area contributed by atoms with Crippen LogP contribution in [0.4, 0.5) is 5.69 Å². The number of aromatic nitrogens is 1. The number of hydrogen-bond acceptors (Lipinski definition) is 4. The molecule has 2 aromatic rings. The van der Waals surface area contributed by atoms with Gasteiger partial charge in [0, 0.05) is 6.20 Å². The summed E-state index contributed by atoms with van der Waals surface area (Å²) in [5, 5.41) is 2.71. The first-order valence-corrected chi connectivity index (χ1v) is 6.99. The molecule has 1 aromatic carbocycles. The molecule has 1 N–H and O–H groups in total. The van der Waals surface area contributed by atoms with Gasteiger partial charge in [-0.25, -0.2) is 9.78 Å². The zero-order valence-corrected chi connectivity index (χ0v) is 13.0. The van der Waals surface area contributed by atoms with E-state index in [2.05, 4.69) is 10.3 Å². The molecule has 0 bridgehead atoms. The Balaban J connectivity index is 1.93. The number of aryl methyl sites for hydroxylation is 2. The lowest BCUT2D eigenvalue weighted by Crippen LogP contribution is -2.21. The van der Waals surface area contributed by atoms with Crippen LogP contribution in [0, 0.1) is 13.8 Å². The molecule has 22 heavy (non-hydrogen) atoms. The third kappa shape index (κ3) is 4.30. The van der Waals surface area contributed by atoms with Crippen molar-refractivity contribution in [3.05, 3.63) is 58.4 Å². The molecule has 0 saturated heterocycles. The Hall–Kier alpha value is -2.40. The van der Waals surface area contributed by atoms with E-state index in [-0.39, 0.29) is 5.15 Å². The number of rotatable bonds is 4. The molecule has 0 unspecified atom stereocenters. The highest BCUT2D eigenvalue weighted by molar-refractivity contribution is 6.32. The SMILES string of the molecule is Cc1cc(C)cc(C(=O)OCC(=O)Nc2cccnc2Cl)c1. The molecule has 1 amide bonds. The minimum Gasteiger partial charge on any atom is -0.452 e. The summed E-state index contributed by atoms with van der Waals surface area (Å²) in [4.78, 5) is 27.5. The topological polar surface area (TPSA) is 68.3 Å². The maximum atomic E-state index is 11.9. The molecule has 0 fully saturated rings. The van der Waals surface area contributed by atoms with Crippen LogP contribution in [0.15, 0.2) is 36.5 Å². The van der Waals surface area contributed by atoms with Crippen LogP contribution in [0.1, 0.15) is 21.5 Å². The molecule has 114 valence electrons. The van der Waals surface area contributed by atoms with Crippen LogP contribution < -0.4 is 5.32 Å². The number of anilines is 1.